The summed E-state index contributed by atoms with van der Waals surface area (Å²) in [6, 6.07) is 7.49. The Labute approximate surface area is 116 Å². The van der Waals surface area contributed by atoms with Crippen molar-refractivity contribution in [3.8, 4) is 0 Å². The second-order valence-electron chi connectivity index (χ2n) is 3.93. The van der Waals surface area contributed by atoms with Crippen molar-refractivity contribution in [2.45, 2.75) is 11.8 Å². The number of carbonyl (C=O) groups is 2. The van der Waals surface area contributed by atoms with Crippen molar-refractivity contribution >= 4 is 29.4 Å². The predicted octanol–water partition coefficient (Wildman–Crippen LogP) is 1.87. The molecule has 0 aromatic heterocycles. The van der Waals surface area contributed by atoms with Crippen LogP contribution in [-0.4, -0.2) is 37.4 Å². The summed E-state index contributed by atoms with van der Waals surface area (Å²) in [6.45, 7) is 2.59. The summed E-state index contributed by atoms with van der Waals surface area (Å²) in [4.78, 5) is 26.0. The van der Waals surface area contributed by atoms with Gasteiger partial charge >= 0.3 is 12.0 Å². The molecular formula is C13H16N2O3S. The Bertz CT molecular complexity index is 479. The van der Waals surface area contributed by atoms with Gasteiger partial charge in [-0.15, -0.1) is 11.8 Å². The molecule has 1 aliphatic heterocycles. The second kappa shape index (κ2) is 6.47. The van der Waals surface area contributed by atoms with Crippen LogP contribution < -0.4 is 10.2 Å². The Morgan fingerprint density at radius 3 is 3.00 bits per heavy atom. The Kier molecular flexibility index (Phi) is 4.68. The first kappa shape index (κ1) is 13.7. The van der Waals surface area contributed by atoms with Gasteiger partial charge in [-0.2, -0.15) is 0 Å². The average molecular weight is 280 g/mol. The van der Waals surface area contributed by atoms with Crippen molar-refractivity contribution in [1.29, 1.82) is 0 Å². The van der Waals surface area contributed by atoms with Gasteiger partial charge < -0.3 is 10.1 Å². The quantitative estimate of drug-likeness (QED) is 0.859. The lowest BCUT2D eigenvalue weighted by molar-refractivity contribution is -0.141. The fourth-order valence-electron chi connectivity index (χ4n) is 1.84. The van der Waals surface area contributed by atoms with E-state index in [1.807, 2.05) is 24.3 Å². The molecule has 1 heterocycles. The molecule has 2 rings (SSSR count). The van der Waals surface area contributed by atoms with Crippen molar-refractivity contribution in [2.24, 2.45) is 0 Å². The second-order valence-corrected chi connectivity index (χ2v) is 5.07. The van der Waals surface area contributed by atoms with E-state index in [-0.39, 0.29) is 12.6 Å². The molecule has 1 aromatic rings. The van der Waals surface area contributed by atoms with E-state index in [0.29, 0.717) is 13.2 Å². The van der Waals surface area contributed by atoms with Crippen molar-refractivity contribution in [3.05, 3.63) is 24.3 Å². The van der Waals surface area contributed by atoms with Crippen LogP contribution >= 0.6 is 11.8 Å². The zero-order valence-corrected chi connectivity index (χ0v) is 11.5. The third kappa shape index (κ3) is 3.41. The summed E-state index contributed by atoms with van der Waals surface area (Å²) in [5.41, 5.74) is 0.889. The standard InChI is InChI=1S/C13H16N2O3S/c1-2-18-12(16)9-14-13(17)15-7-8-19-11-6-4-3-5-10(11)15/h3-6H,2,7-9H2,1H3,(H,14,17). The topological polar surface area (TPSA) is 58.6 Å². The maximum atomic E-state index is 12.1. The number of benzene rings is 1. The zero-order chi connectivity index (χ0) is 13.7. The molecule has 0 radical (unpaired) electrons. The first-order valence-electron chi connectivity index (χ1n) is 6.15. The third-order valence-corrected chi connectivity index (χ3v) is 3.71. The lowest BCUT2D eigenvalue weighted by Gasteiger charge is -2.28. The number of thioether (sulfide) groups is 1. The van der Waals surface area contributed by atoms with E-state index in [1.165, 1.54) is 0 Å². The van der Waals surface area contributed by atoms with Gasteiger partial charge in [-0.25, -0.2) is 4.79 Å². The summed E-state index contributed by atoms with van der Waals surface area (Å²) in [5, 5.41) is 2.58. The van der Waals surface area contributed by atoms with Gasteiger partial charge in [-0.05, 0) is 19.1 Å². The molecule has 0 saturated heterocycles. The third-order valence-electron chi connectivity index (χ3n) is 2.66. The number of amides is 2. The van der Waals surface area contributed by atoms with Gasteiger partial charge in [0.15, 0.2) is 0 Å². The van der Waals surface area contributed by atoms with Crippen molar-refractivity contribution < 1.29 is 14.3 Å². The number of esters is 1. The van der Waals surface area contributed by atoms with E-state index in [9.17, 15) is 9.59 Å². The molecule has 1 aliphatic rings. The zero-order valence-electron chi connectivity index (χ0n) is 10.7. The largest absolute Gasteiger partial charge is 0.465 e. The monoisotopic (exact) mass is 280 g/mol. The van der Waals surface area contributed by atoms with Gasteiger partial charge in [0.05, 0.1) is 12.3 Å². The van der Waals surface area contributed by atoms with Crippen molar-refractivity contribution in [2.75, 3.05) is 30.3 Å². The number of hydrogen-bond donors (Lipinski definition) is 1. The van der Waals surface area contributed by atoms with Crippen LogP contribution in [0.3, 0.4) is 0 Å². The van der Waals surface area contributed by atoms with Gasteiger partial charge in [0.1, 0.15) is 6.54 Å². The summed E-state index contributed by atoms with van der Waals surface area (Å²) < 4.78 is 4.77. The number of carbonyl (C=O) groups excluding carboxylic acids is 2. The summed E-state index contributed by atoms with van der Waals surface area (Å²) in [7, 11) is 0. The molecule has 2 amide bonds. The number of para-hydroxylation sites is 1. The van der Waals surface area contributed by atoms with Gasteiger partial charge in [0, 0.05) is 17.2 Å². The number of ether oxygens (including phenoxy) is 1. The molecule has 0 aliphatic carbocycles. The molecule has 0 saturated carbocycles. The van der Waals surface area contributed by atoms with Crippen molar-refractivity contribution in [1.82, 2.24) is 5.32 Å². The molecular weight excluding hydrogens is 264 g/mol. The molecule has 0 spiro atoms. The van der Waals surface area contributed by atoms with Crippen molar-refractivity contribution in [3.63, 3.8) is 0 Å². The normalized spacial score (nSPS) is 13.6. The highest BCUT2D eigenvalue weighted by Gasteiger charge is 2.22. The first-order valence-corrected chi connectivity index (χ1v) is 7.13. The minimum atomic E-state index is -0.421. The van der Waals surface area contributed by atoms with Crippen LogP contribution in [-0.2, 0) is 9.53 Å². The van der Waals surface area contributed by atoms with Gasteiger partial charge in [0.2, 0.25) is 0 Å². The summed E-state index contributed by atoms with van der Waals surface area (Å²) >= 11 is 1.73. The SMILES string of the molecule is CCOC(=O)CNC(=O)N1CCSc2ccccc21. The molecule has 102 valence electrons. The van der Waals surface area contributed by atoms with E-state index in [2.05, 4.69) is 5.32 Å². The fourth-order valence-corrected chi connectivity index (χ4v) is 2.83. The molecule has 19 heavy (non-hydrogen) atoms. The predicted molar refractivity (Wildman–Crippen MR) is 74.5 cm³/mol. The Balaban J connectivity index is 1.99. The van der Waals surface area contributed by atoms with Gasteiger partial charge in [0.25, 0.3) is 0 Å². The maximum Gasteiger partial charge on any atom is 0.325 e. The van der Waals surface area contributed by atoms with E-state index >= 15 is 0 Å². The van der Waals surface area contributed by atoms with E-state index < -0.39 is 5.97 Å². The van der Waals surface area contributed by atoms with Crippen LogP contribution in [0, 0.1) is 0 Å². The number of rotatable bonds is 3. The van der Waals surface area contributed by atoms with Crippen LogP contribution in [0.15, 0.2) is 29.2 Å². The molecule has 6 heteroatoms. The van der Waals surface area contributed by atoms with Crippen LogP contribution in [0.4, 0.5) is 10.5 Å². The first-order chi connectivity index (χ1) is 9.22. The Hall–Kier alpha value is -1.69. The van der Waals surface area contributed by atoms with Crippen LogP contribution in [0.25, 0.3) is 0 Å². The highest BCUT2D eigenvalue weighted by Crippen LogP contribution is 2.34. The summed E-state index contributed by atoms with van der Waals surface area (Å²) in [6.07, 6.45) is 0. The number of urea groups is 1. The highest BCUT2D eigenvalue weighted by molar-refractivity contribution is 7.99. The van der Waals surface area contributed by atoms with Crippen LogP contribution in [0.1, 0.15) is 6.92 Å². The van der Waals surface area contributed by atoms with Gasteiger partial charge in [-0.3, -0.25) is 9.69 Å². The Morgan fingerprint density at radius 1 is 1.42 bits per heavy atom. The lowest BCUT2D eigenvalue weighted by atomic mass is 10.3. The van der Waals surface area contributed by atoms with E-state index in [4.69, 9.17) is 4.74 Å². The molecule has 5 nitrogen and oxygen atoms in total. The number of anilines is 1. The fraction of sp³-hybridized carbons (Fsp3) is 0.385. The number of nitrogens with one attached hydrogen (secondary N) is 1. The number of nitrogens with zero attached hydrogens (tertiary/aromatic N) is 1. The lowest BCUT2D eigenvalue weighted by Crippen LogP contribution is -2.44. The molecule has 0 unspecified atom stereocenters. The molecule has 0 atom stereocenters. The minimum absolute atomic E-state index is 0.0987. The number of fused-ring (bicyclic) bond motifs is 1. The smallest absolute Gasteiger partial charge is 0.325 e. The average Bonchev–Trinajstić information content (AvgIpc) is 2.44. The van der Waals surface area contributed by atoms with E-state index in [0.717, 1.165) is 16.3 Å². The van der Waals surface area contributed by atoms with E-state index in [1.54, 1.807) is 23.6 Å². The van der Waals surface area contributed by atoms with Gasteiger partial charge in [-0.1, -0.05) is 12.1 Å². The minimum Gasteiger partial charge on any atom is -0.465 e. The molecule has 1 aromatic carbocycles. The summed E-state index contributed by atoms with van der Waals surface area (Å²) in [5.74, 6) is 0.430. The van der Waals surface area contributed by atoms with Crippen LogP contribution in [0.5, 0.6) is 0 Å². The Morgan fingerprint density at radius 2 is 2.21 bits per heavy atom. The van der Waals surface area contributed by atoms with Crippen LogP contribution in [0.2, 0.25) is 0 Å². The molecule has 0 bridgehead atoms. The number of hydrogen-bond acceptors (Lipinski definition) is 4. The molecule has 1 N–H and O–H groups in total. The maximum absolute atomic E-state index is 12.1. The highest BCUT2D eigenvalue weighted by atomic mass is 32.2. The molecule has 0 fully saturated rings.